The number of hydroxylamine groups is 1. The topological polar surface area (TPSA) is 81.3 Å². The van der Waals surface area contributed by atoms with Crippen molar-refractivity contribution in [2.24, 2.45) is 5.41 Å². The fraction of sp³-hybridized carbons (Fsp3) is 0.583. The van der Waals surface area contributed by atoms with E-state index in [1.54, 1.807) is 17.6 Å². The molecule has 0 spiro atoms. The van der Waals surface area contributed by atoms with Crippen LogP contribution >= 0.6 is 0 Å². The van der Waals surface area contributed by atoms with Crippen LogP contribution in [0.1, 0.15) is 72.3 Å². The Hall–Kier alpha value is -2.18. The van der Waals surface area contributed by atoms with Gasteiger partial charge in [-0.3, -0.25) is 20.3 Å². The van der Waals surface area contributed by atoms with Gasteiger partial charge in [0.2, 0.25) is 0 Å². The van der Waals surface area contributed by atoms with Crippen LogP contribution in [0.15, 0.2) is 30.5 Å². The Balaban J connectivity index is 3.03. The molecule has 168 valence electrons. The number of carbonyl (C=O) groups is 1. The monoisotopic (exact) mass is 416 g/mol. The van der Waals surface area contributed by atoms with Gasteiger partial charge in [0, 0.05) is 24.5 Å². The van der Waals surface area contributed by atoms with Gasteiger partial charge in [-0.1, -0.05) is 66.4 Å². The number of allylic oxidation sites excluding steroid dienone is 1. The third-order valence-electron chi connectivity index (χ3n) is 4.84. The fourth-order valence-electron chi connectivity index (χ4n) is 3.29. The molecule has 0 aromatic carbocycles. The number of nitrogens with one attached hydrogen (secondary N) is 2. The van der Waals surface area contributed by atoms with Crippen molar-refractivity contribution in [3.05, 3.63) is 41.5 Å². The Labute approximate surface area is 181 Å². The number of hydrogen-bond donors (Lipinski definition) is 3. The highest BCUT2D eigenvalue weighted by molar-refractivity contribution is 5.90. The summed E-state index contributed by atoms with van der Waals surface area (Å²) in [6.45, 7) is 13.8. The van der Waals surface area contributed by atoms with Crippen molar-refractivity contribution in [2.75, 3.05) is 19.6 Å². The lowest BCUT2D eigenvalue weighted by Crippen LogP contribution is -2.31. The van der Waals surface area contributed by atoms with Crippen molar-refractivity contribution < 1.29 is 10.0 Å². The van der Waals surface area contributed by atoms with Gasteiger partial charge in [-0.15, -0.1) is 0 Å². The molecule has 0 aliphatic heterocycles. The molecule has 6 nitrogen and oxygen atoms in total. The molecule has 1 aromatic rings. The van der Waals surface area contributed by atoms with Gasteiger partial charge in [-0.25, -0.2) is 5.48 Å². The minimum atomic E-state index is -0.593. The molecule has 0 aliphatic carbocycles. The minimum absolute atomic E-state index is 0.00685. The average Bonchev–Trinajstić information content (AvgIpc) is 2.69. The summed E-state index contributed by atoms with van der Waals surface area (Å²) in [5.41, 5.74) is 3.74. The highest BCUT2D eigenvalue weighted by Gasteiger charge is 2.14. The Kier molecular flexibility index (Phi) is 11.4. The number of rotatable bonds is 12. The second kappa shape index (κ2) is 13.2. The van der Waals surface area contributed by atoms with Crippen LogP contribution < -0.4 is 11.0 Å². The first-order valence-electron chi connectivity index (χ1n) is 11.0. The van der Waals surface area contributed by atoms with Crippen LogP contribution in [0.2, 0.25) is 0 Å². The molecule has 0 radical (unpaired) electrons. The van der Waals surface area contributed by atoms with E-state index >= 15 is 0 Å². The van der Waals surface area contributed by atoms with E-state index in [2.05, 4.69) is 45.6 Å². The average molecular weight is 417 g/mol. The number of unbranched alkanes of at least 4 members (excludes halogenated alkanes) is 4. The van der Waals surface area contributed by atoms with Crippen LogP contribution in [0, 0.1) is 10.8 Å². The summed E-state index contributed by atoms with van der Waals surface area (Å²) in [5, 5.41) is 17.1. The van der Waals surface area contributed by atoms with E-state index in [1.165, 1.54) is 38.2 Å². The van der Waals surface area contributed by atoms with E-state index in [4.69, 9.17) is 10.6 Å². The van der Waals surface area contributed by atoms with Gasteiger partial charge in [0.25, 0.3) is 5.91 Å². The summed E-state index contributed by atoms with van der Waals surface area (Å²) in [4.78, 5) is 13.6. The first-order valence-corrected chi connectivity index (χ1v) is 11.0. The van der Waals surface area contributed by atoms with Crippen molar-refractivity contribution in [3.63, 3.8) is 0 Å². The second-order valence-electron chi connectivity index (χ2n) is 8.81. The SMILES string of the molecule is CCCCCCCN(CC)C/C(=C\C(C)(C)C)n1ccc(/C=C/C(=O)NO)cc1=N. The molecule has 0 saturated heterocycles. The number of aromatic nitrogens is 1. The highest BCUT2D eigenvalue weighted by Crippen LogP contribution is 2.20. The molecular formula is C24H40N4O2. The summed E-state index contributed by atoms with van der Waals surface area (Å²) in [7, 11) is 0. The van der Waals surface area contributed by atoms with Gasteiger partial charge in [-0.2, -0.15) is 0 Å². The molecule has 1 aromatic heterocycles. The fourth-order valence-corrected chi connectivity index (χ4v) is 3.29. The Bertz CT molecular complexity index is 772. The normalized spacial score (nSPS) is 12.7. The van der Waals surface area contributed by atoms with Crippen molar-refractivity contribution in [1.82, 2.24) is 14.9 Å². The first-order chi connectivity index (χ1) is 14.2. The Morgan fingerprint density at radius 3 is 2.50 bits per heavy atom. The third kappa shape index (κ3) is 10.0. The van der Waals surface area contributed by atoms with E-state index in [0.29, 0.717) is 5.49 Å². The summed E-state index contributed by atoms with van der Waals surface area (Å²) in [6, 6.07) is 3.59. The Morgan fingerprint density at radius 1 is 1.23 bits per heavy atom. The predicted molar refractivity (Wildman–Crippen MR) is 124 cm³/mol. The molecular weight excluding hydrogens is 376 g/mol. The summed E-state index contributed by atoms with van der Waals surface area (Å²) >= 11 is 0. The summed E-state index contributed by atoms with van der Waals surface area (Å²) in [6.07, 6.45) is 13.3. The van der Waals surface area contributed by atoms with Gasteiger partial charge in [0.15, 0.2) is 0 Å². The first kappa shape index (κ1) is 25.9. The van der Waals surface area contributed by atoms with Crippen LogP contribution in [0.5, 0.6) is 0 Å². The quantitative estimate of drug-likeness (QED) is 0.200. The van der Waals surface area contributed by atoms with Crippen LogP contribution in [0.4, 0.5) is 0 Å². The van der Waals surface area contributed by atoms with Crippen molar-refractivity contribution in [3.8, 4) is 0 Å². The van der Waals surface area contributed by atoms with Gasteiger partial charge in [0.05, 0.1) is 0 Å². The number of carbonyl (C=O) groups excluding carboxylic acids is 1. The molecule has 0 aliphatic rings. The maximum atomic E-state index is 11.2. The van der Waals surface area contributed by atoms with Gasteiger partial charge < -0.3 is 4.57 Å². The Morgan fingerprint density at radius 2 is 1.93 bits per heavy atom. The van der Waals surface area contributed by atoms with Crippen molar-refractivity contribution >= 4 is 17.7 Å². The lowest BCUT2D eigenvalue weighted by Gasteiger charge is -2.26. The van der Waals surface area contributed by atoms with Crippen molar-refractivity contribution in [2.45, 2.75) is 66.7 Å². The molecule has 0 bridgehead atoms. The minimum Gasteiger partial charge on any atom is -0.305 e. The van der Waals surface area contributed by atoms with Gasteiger partial charge in [0.1, 0.15) is 5.49 Å². The van der Waals surface area contributed by atoms with Gasteiger partial charge >= 0.3 is 0 Å². The zero-order valence-electron chi connectivity index (χ0n) is 19.4. The number of amides is 1. The smallest absolute Gasteiger partial charge is 0.267 e. The maximum absolute atomic E-state index is 11.2. The lowest BCUT2D eigenvalue weighted by molar-refractivity contribution is -0.124. The molecule has 30 heavy (non-hydrogen) atoms. The summed E-state index contributed by atoms with van der Waals surface area (Å²) in [5.74, 6) is -0.593. The number of nitrogens with zero attached hydrogens (tertiary/aromatic N) is 2. The van der Waals surface area contributed by atoms with E-state index in [0.717, 1.165) is 30.9 Å². The van der Waals surface area contributed by atoms with Crippen molar-refractivity contribution in [1.29, 1.82) is 5.41 Å². The van der Waals surface area contributed by atoms with Crippen LogP contribution in [-0.4, -0.2) is 40.2 Å². The van der Waals surface area contributed by atoms with E-state index in [-0.39, 0.29) is 5.41 Å². The van der Waals surface area contributed by atoms with E-state index < -0.39 is 5.91 Å². The van der Waals surface area contributed by atoms with Crippen LogP contribution in [-0.2, 0) is 4.79 Å². The third-order valence-corrected chi connectivity index (χ3v) is 4.84. The molecule has 0 atom stereocenters. The molecule has 0 fully saturated rings. The number of pyridine rings is 1. The lowest BCUT2D eigenvalue weighted by atomic mass is 9.95. The second-order valence-corrected chi connectivity index (χ2v) is 8.81. The highest BCUT2D eigenvalue weighted by atomic mass is 16.5. The van der Waals surface area contributed by atoms with E-state index in [1.807, 2.05) is 16.8 Å². The zero-order chi connectivity index (χ0) is 22.6. The summed E-state index contributed by atoms with van der Waals surface area (Å²) < 4.78 is 1.91. The molecule has 1 heterocycles. The van der Waals surface area contributed by atoms with Crippen LogP contribution in [0.3, 0.4) is 0 Å². The maximum Gasteiger partial charge on any atom is 0.267 e. The molecule has 0 unspecified atom stereocenters. The van der Waals surface area contributed by atoms with E-state index in [9.17, 15) is 4.79 Å². The molecule has 1 amide bonds. The van der Waals surface area contributed by atoms with Gasteiger partial charge in [-0.05, 0) is 48.7 Å². The molecule has 3 N–H and O–H groups in total. The zero-order valence-corrected chi connectivity index (χ0v) is 19.4. The molecule has 6 heteroatoms. The largest absolute Gasteiger partial charge is 0.305 e. The molecule has 0 saturated carbocycles. The predicted octanol–water partition coefficient (Wildman–Crippen LogP) is 4.67. The number of likely N-dealkylation sites (N-methyl/N-ethyl adjacent to an activating group) is 1. The number of hydrogen-bond acceptors (Lipinski definition) is 4. The standard InChI is InChI=1S/C24H40N4O2/c1-6-8-9-10-11-15-27(7-2)19-21(18-24(3,4)5)28-16-14-20(17-22(28)25)12-13-23(29)26-30/h12-14,16-18,25,30H,6-11,15,19H2,1-5H3,(H,26,29)/b13-12+,21-18+,25-22?. The molecule has 1 rings (SSSR count). The van der Waals surface area contributed by atoms with Crippen LogP contribution in [0.25, 0.3) is 11.8 Å².